The van der Waals surface area contributed by atoms with E-state index in [1.54, 1.807) is 0 Å². The van der Waals surface area contributed by atoms with E-state index in [9.17, 15) is 4.79 Å². The summed E-state index contributed by atoms with van der Waals surface area (Å²) in [5.41, 5.74) is -0.546. The Balaban J connectivity index is 1.94. The number of fused-ring (bicyclic) bond motifs is 1. The second-order valence-electron chi connectivity index (χ2n) is 5.72. The van der Waals surface area contributed by atoms with Crippen molar-refractivity contribution >= 4 is 80.6 Å². The molecule has 0 amide bonds. The van der Waals surface area contributed by atoms with Gasteiger partial charge in [0.2, 0.25) is 4.93 Å². The van der Waals surface area contributed by atoms with Crippen molar-refractivity contribution in [2.45, 2.75) is 42.6 Å². The van der Waals surface area contributed by atoms with Gasteiger partial charge in [0.15, 0.2) is 22.2 Å². The molecule has 0 N–H and O–H groups in total. The zero-order valence-electron chi connectivity index (χ0n) is 11.2. The van der Waals surface area contributed by atoms with E-state index in [-0.39, 0.29) is 5.12 Å². The smallest absolute Gasteiger partial charge is 0.201 e. The number of carbonyl (C=O) groups is 1. The maximum atomic E-state index is 12.2. The normalized spacial score (nSPS) is 32.6. The Morgan fingerprint density at radius 1 is 0.864 bits per heavy atom. The molecular formula is C14H10Br4O3S. The topological polar surface area (TPSA) is 35.5 Å². The third kappa shape index (κ3) is 2.06. The molecule has 4 rings (SSSR count). The number of thioether (sulfide) groups is 1. The molecule has 1 aliphatic carbocycles. The summed E-state index contributed by atoms with van der Waals surface area (Å²) >= 11 is 15.6. The summed E-state index contributed by atoms with van der Waals surface area (Å²) in [4.78, 5) is 11.6. The van der Waals surface area contributed by atoms with Gasteiger partial charge in [-0.3, -0.25) is 4.79 Å². The Bertz CT molecular complexity index is 653. The first-order chi connectivity index (χ1) is 10.4. The number of carbonyl (C=O) groups excluding carboxylic acids is 1. The number of halogens is 4. The highest BCUT2D eigenvalue weighted by Crippen LogP contribution is 2.64. The Morgan fingerprint density at radius 3 is 2.14 bits per heavy atom. The van der Waals surface area contributed by atoms with Crippen molar-refractivity contribution in [3.05, 3.63) is 17.9 Å². The Morgan fingerprint density at radius 2 is 1.45 bits per heavy atom. The van der Waals surface area contributed by atoms with Crippen LogP contribution in [0.25, 0.3) is 0 Å². The number of ether oxygens (including phenoxy) is 2. The molecular weight excluding hydrogens is 568 g/mol. The summed E-state index contributed by atoms with van der Waals surface area (Å²) in [6, 6.07) is 0. The lowest BCUT2D eigenvalue weighted by Crippen LogP contribution is -2.60. The molecule has 0 bridgehead atoms. The van der Waals surface area contributed by atoms with Crippen LogP contribution in [-0.2, 0) is 4.79 Å². The fourth-order valence-electron chi connectivity index (χ4n) is 3.47. The van der Waals surface area contributed by atoms with E-state index in [1.165, 1.54) is 11.8 Å². The summed E-state index contributed by atoms with van der Waals surface area (Å²) in [5, 5.41) is 0.153. The summed E-state index contributed by atoms with van der Waals surface area (Å²) in [5.74, 6) is 1.32. The largest absolute Gasteiger partial charge is 0.476 e. The standard InChI is InChI=1S/C14H10Br4O3S/c15-7-8(16)10(18)12-11(9(7)17)20-13-3-1-2-4-14(13,21-12)22-6(19)5-13/h1-5H2/t13-,14-/m1/s1. The van der Waals surface area contributed by atoms with Gasteiger partial charge in [0.1, 0.15) is 0 Å². The van der Waals surface area contributed by atoms with Crippen molar-refractivity contribution in [2.75, 3.05) is 0 Å². The number of rotatable bonds is 0. The lowest BCUT2D eigenvalue weighted by molar-refractivity contribution is -0.125. The average molecular weight is 578 g/mol. The van der Waals surface area contributed by atoms with Crippen LogP contribution < -0.4 is 9.47 Å². The fourth-order valence-corrected chi connectivity index (χ4v) is 7.12. The zero-order chi connectivity index (χ0) is 15.7. The summed E-state index contributed by atoms with van der Waals surface area (Å²) < 4.78 is 16.2. The van der Waals surface area contributed by atoms with Crippen LogP contribution in [0, 0.1) is 0 Å². The lowest BCUT2D eigenvalue weighted by Gasteiger charge is -2.50. The third-order valence-corrected chi connectivity index (χ3v) is 10.5. The van der Waals surface area contributed by atoms with E-state index >= 15 is 0 Å². The van der Waals surface area contributed by atoms with Crippen LogP contribution in [0.3, 0.4) is 0 Å². The summed E-state index contributed by atoms with van der Waals surface area (Å²) in [6.07, 6.45) is 4.21. The molecule has 0 radical (unpaired) electrons. The van der Waals surface area contributed by atoms with Crippen molar-refractivity contribution < 1.29 is 14.3 Å². The van der Waals surface area contributed by atoms with Gasteiger partial charge in [0.05, 0.1) is 24.3 Å². The van der Waals surface area contributed by atoms with Gasteiger partial charge in [-0.1, -0.05) is 0 Å². The van der Waals surface area contributed by atoms with Crippen LogP contribution in [0.15, 0.2) is 17.9 Å². The molecule has 0 unspecified atom stereocenters. The molecule has 1 aromatic carbocycles. The van der Waals surface area contributed by atoms with E-state index in [0.717, 1.165) is 43.6 Å². The van der Waals surface area contributed by atoms with Gasteiger partial charge in [0, 0.05) is 6.42 Å². The molecule has 8 heteroatoms. The number of hydrogen-bond donors (Lipinski definition) is 0. The van der Waals surface area contributed by atoms with Crippen LogP contribution in [0.4, 0.5) is 0 Å². The molecule has 3 aliphatic rings. The quantitative estimate of drug-likeness (QED) is 0.273. The van der Waals surface area contributed by atoms with E-state index < -0.39 is 10.5 Å². The van der Waals surface area contributed by atoms with Crippen LogP contribution >= 0.6 is 75.5 Å². The zero-order valence-corrected chi connectivity index (χ0v) is 18.3. The van der Waals surface area contributed by atoms with Gasteiger partial charge in [-0.2, -0.15) is 0 Å². The molecule has 1 aromatic rings. The Hall–Kier alpha value is 0.760. The molecule has 3 nitrogen and oxygen atoms in total. The predicted molar refractivity (Wildman–Crippen MR) is 99.6 cm³/mol. The molecule has 1 saturated carbocycles. The highest BCUT2D eigenvalue weighted by atomic mass is 79.9. The van der Waals surface area contributed by atoms with E-state index in [0.29, 0.717) is 17.9 Å². The monoisotopic (exact) mass is 574 g/mol. The van der Waals surface area contributed by atoms with Crippen molar-refractivity contribution in [2.24, 2.45) is 0 Å². The van der Waals surface area contributed by atoms with Crippen LogP contribution in [0.1, 0.15) is 32.1 Å². The second-order valence-corrected chi connectivity index (χ2v) is 10.2. The minimum absolute atomic E-state index is 0.153. The molecule has 2 aliphatic heterocycles. The maximum absolute atomic E-state index is 12.2. The van der Waals surface area contributed by atoms with Gasteiger partial charge in [-0.05, 0) is 94.7 Å². The molecule has 2 fully saturated rings. The lowest BCUT2D eigenvalue weighted by atomic mass is 9.79. The van der Waals surface area contributed by atoms with Gasteiger partial charge in [0.25, 0.3) is 0 Å². The van der Waals surface area contributed by atoms with E-state index in [4.69, 9.17) is 9.47 Å². The maximum Gasteiger partial charge on any atom is 0.201 e. The molecule has 2 atom stereocenters. The molecule has 1 saturated heterocycles. The predicted octanol–water partition coefficient (Wildman–Crippen LogP) is 6.18. The molecule has 2 heterocycles. The highest BCUT2D eigenvalue weighted by molar-refractivity contribution is 9.15. The van der Waals surface area contributed by atoms with Crippen LogP contribution in [-0.4, -0.2) is 15.6 Å². The minimum Gasteiger partial charge on any atom is -0.476 e. The fraction of sp³-hybridized carbons (Fsp3) is 0.500. The SMILES string of the molecule is O=C1C[C@]23CCCC[C@@]2(Oc2c(Br)c(Br)c(Br)c(Br)c2O3)S1. The van der Waals surface area contributed by atoms with Gasteiger partial charge in [-0.15, -0.1) is 0 Å². The van der Waals surface area contributed by atoms with Gasteiger partial charge < -0.3 is 9.47 Å². The average Bonchev–Trinajstić information content (AvgIpc) is 2.80. The second kappa shape index (κ2) is 5.38. The third-order valence-electron chi connectivity index (χ3n) is 4.49. The molecule has 22 heavy (non-hydrogen) atoms. The Labute approximate surface area is 165 Å². The molecule has 118 valence electrons. The summed E-state index contributed by atoms with van der Waals surface area (Å²) in [7, 11) is 0. The van der Waals surface area contributed by atoms with Crippen LogP contribution in [0.5, 0.6) is 11.5 Å². The van der Waals surface area contributed by atoms with Gasteiger partial charge in [-0.25, -0.2) is 0 Å². The molecule has 0 spiro atoms. The number of benzene rings is 1. The highest BCUT2D eigenvalue weighted by Gasteiger charge is 2.67. The van der Waals surface area contributed by atoms with Crippen LogP contribution in [0.2, 0.25) is 0 Å². The minimum atomic E-state index is -0.593. The van der Waals surface area contributed by atoms with Crippen molar-refractivity contribution in [3.63, 3.8) is 0 Å². The van der Waals surface area contributed by atoms with E-state index in [1.807, 2.05) is 0 Å². The summed E-state index contributed by atoms with van der Waals surface area (Å²) in [6.45, 7) is 0. The van der Waals surface area contributed by atoms with Crippen molar-refractivity contribution in [1.29, 1.82) is 0 Å². The van der Waals surface area contributed by atoms with Crippen molar-refractivity contribution in [3.8, 4) is 11.5 Å². The number of hydrogen-bond acceptors (Lipinski definition) is 4. The van der Waals surface area contributed by atoms with E-state index in [2.05, 4.69) is 63.7 Å². The Kier molecular flexibility index (Phi) is 3.97. The van der Waals surface area contributed by atoms with Crippen molar-refractivity contribution in [1.82, 2.24) is 0 Å². The first-order valence-corrected chi connectivity index (χ1v) is 10.8. The van der Waals surface area contributed by atoms with Gasteiger partial charge >= 0.3 is 0 Å². The molecule has 0 aromatic heterocycles. The first-order valence-electron chi connectivity index (χ1n) is 6.85. The first kappa shape index (κ1) is 16.2.